The van der Waals surface area contributed by atoms with Crippen LogP contribution >= 0.6 is 0 Å². The van der Waals surface area contributed by atoms with Crippen molar-refractivity contribution in [1.29, 1.82) is 0 Å². The van der Waals surface area contributed by atoms with Gasteiger partial charge in [-0.05, 0) is 24.7 Å². The summed E-state index contributed by atoms with van der Waals surface area (Å²) in [7, 11) is 2.46. The molecule has 98 valence electrons. The summed E-state index contributed by atoms with van der Waals surface area (Å²) in [6.45, 7) is 3.68. The van der Waals surface area contributed by atoms with E-state index in [1.165, 1.54) is 14.2 Å². The highest BCUT2D eigenvalue weighted by Gasteiger charge is 2.76. The van der Waals surface area contributed by atoms with Gasteiger partial charge in [-0.25, -0.2) is 0 Å². The number of fused-ring (bicyclic) bond motifs is 1. The van der Waals surface area contributed by atoms with Crippen molar-refractivity contribution in [3.63, 3.8) is 0 Å². The molecule has 0 N–H and O–H groups in total. The van der Waals surface area contributed by atoms with E-state index in [-0.39, 0.29) is 18.3 Å². The standard InChI is InChI=1S/C13H16O5/c1-4-8-9-5-12(10(15)17-2,11(16)18-3)6-13(8,9)7-14/h4,7-9H,1,5-6H2,2-3H3/t8-,9-,13-/m0/s1. The Morgan fingerprint density at radius 1 is 1.28 bits per heavy atom. The molecule has 0 aromatic rings. The van der Waals surface area contributed by atoms with Crippen LogP contribution in [-0.2, 0) is 23.9 Å². The highest BCUT2D eigenvalue weighted by molar-refractivity contribution is 6.01. The van der Waals surface area contributed by atoms with Crippen LogP contribution in [0.1, 0.15) is 12.8 Å². The molecule has 0 bridgehead atoms. The first-order chi connectivity index (χ1) is 8.52. The van der Waals surface area contributed by atoms with E-state index in [4.69, 9.17) is 9.47 Å². The molecule has 0 heterocycles. The maximum Gasteiger partial charge on any atom is 0.323 e. The number of esters is 2. The average molecular weight is 252 g/mol. The van der Waals surface area contributed by atoms with Gasteiger partial charge < -0.3 is 14.3 Å². The molecule has 2 aliphatic carbocycles. The Morgan fingerprint density at radius 2 is 1.83 bits per heavy atom. The highest BCUT2D eigenvalue weighted by atomic mass is 16.5. The van der Waals surface area contributed by atoms with E-state index in [9.17, 15) is 14.4 Å². The molecule has 3 atom stereocenters. The zero-order chi connectivity index (χ0) is 13.6. The lowest BCUT2D eigenvalue weighted by molar-refractivity contribution is -0.170. The summed E-state index contributed by atoms with van der Waals surface area (Å²) in [4.78, 5) is 35.1. The maximum atomic E-state index is 11.9. The summed E-state index contributed by atoms with van der Waals surface area (Å²) in [6.07, 6.45) is 3.02. The molecule has 0 saturated heterocycles. The molecule has 0 radical (unpaired) electrons. The summed E-state index contributed by atoms with van der Waals surface area (Å²) in [6, 6.07) is 0. The largest absolute Gasteiger partial charge is 0.468 e. The molecule has 5 heteroatoms. The Kier molecular flexibility index (Phi) is 2.80. The lowest BCUT2D eigenvalue weighted by atomic mass is 9.79. The van der Waals surface area contributed by atoms with Crippen molar-refractivity contribution in [2.45, 2.75) is 12.8 Å². The van der Waals surface area contributed by atoms with Gasteiger partial charge >= 0.3 is 11.9 Å². The van der Waals surface area contributed by atoms with Gasteiger partial charge in [0, 0.05) is 5.41 Å². The number of aldehydes is 1. The zero-order valence-corrected chi connectivity index (χ0v) is 10.5. The Labute approximate surface area is 105 Å². The van der Waals surface area contributed by atoms with Crippen molar-refractivity contribution in [2.24, 2.45) is 22.7 Å². The van der Waals surface area contributed by atoms with Gasteiger partial charge in [0.2, 0.25) is 0 Å². The summed E-state index contributed by atoms with van der Waals surface area (Å²) in [5.41, 5.74) is -1.96. The Morgan fingerprint density at radius 3 is 2.17 bits per heavy atom. The van der Waals surface area contributed by atoms with Gasteiger partial charge in [0.25, 0.3) is 0 Å². The number of hydrogen-bond acceptors (Lipinski definition) is 5. The lowest BCUT2D eigenvalue weighted by Gasteiger charge is -2.26. The molecule has 0 unspecified atom stereocenters. The number of rotatable bonds is 4. The monoisotopic (exact) mass is 252 g/mol. The van der Waals surface area contributed by atoms with Gasteiger partial charge in [0.15, 0.2) is 5.41 Å². The molecule has 0 amide bonds. The van der Waals surface area contributed by atoms with Crippen LogP contribution in [0.4, 0.5) is 0 Å². The van der Waals surface area contributed by atoms with Crippen molar-refractivity contribution in [2.75, 3.05) is 14.2 Å². The molecule has 0 aromatic heterocycles. The summed E-state index contributed by atoms with van der Waals surface area (Å²) in [5.74, 6) is -1.20. The zero-order valence-electron chi connectivity index (χ0n) is 10.5. The Bertz CT molecular complexity index is 411. The summed E-state index contributed by atoms with van der Waals surface area (Å²) < 4.78 is 9.41. The number of allylic oxidation sites excluding steroid dienone is 1. The third-order valence-corrected chi connectivity index (χ3v) is 4.44. The molecule has 5 nitrogen and oxygen atoms in total. The van der Waals surface area contributed by atoms with E-state index in [0.29, 0.717) is 6.42 Å². The highest BCUT2D eigenvalue weighted by Crippen LogP contribution is 2.72. The molecule has 2 rings (SSSR count). The van der Waals surface area contributed by atoms with Crippen molar-refractivity contribution >= 4 is 18.2 Å². The van der Waals surface area contributed by atoms with Gasteiger partial charge in [-0.2, -0.15) is 0 Å². The first-order valence-corrected chi connectivity index (χ1v) is 5.78. The topological polar surface area (TPSA) is 69.7 Å². The SMILES string of the molecule is C=C[C@H]1[C@@H]2CC(C(=O)OC)(C(=O)OC)C[C@]12C=O. The van der Waals surface area contributed by atoms with Crippen LogP contribution in [0.15, 0.2) is 12.7 Å². The molecular weight excluding hydrogens is 236 g/mol. The predicted molar refractivity (Wildman–Crippen MR) is 61.4 cm³/mol. The fraction of sp³-hybridized carbons (Fsp3) is 0.615. The number of methoxy groups -OCH3 is 2. The first-order valence-electron chi connectivity index (χ1n) is 5.78. The van der Waals surface area contributed by atoms with E-state index in [1.54, 1.807) is 6.08 Å². The number of carbonyl (C=O) groups is 3. The van der Waals surface area contributed by atoms with Crippen LogP contribution in [0.2, 0.25) is 0 Å². The maximum absolute atomic E-state index is 11.9. The molecule has 0 aliphatic heterocycles. The van der Waals surface area contributed by atoms with E-state index in [1.807, 2.05) is 0 Å². The smallest absolute Gasteiger partial charge is 0.323 e. The van der Waals surface area contributed by atoms with Gasteiger partial charge in [0.1, 0.15) is 6.29 Å². The van der Waals surface area contributed by atoms with Crippen molar-refractivity contribution in [3.8, 4) is 0 Å². The minimum atomic E-state index is -1.32. The van der Waals surface area contributed by atoms with Gasteiger partial charge in [-0.15, -0.1) is 6.58 Å². The second-order valence-electron chi connectivity index (χ2n) is 5.04. The molecule has 0 spiro atoms. The van der Waals surface area contributed by atoms with Crippen molar-refractivity contribution in [1.82, 2.24) is 0 Å². The third-order valence-electron chi connectivity index (χ3n) is 4.44. The summed E-state index contributed by atoms with van der Waals surface area (Å²) in [5, 5.41) is 0. The molecule has 0 aromatic carbocycles. The van der Waals surface area contributed by atoms with E-state index in [2.05, 4.69) is 6.58 Å². The normalized spacial score (nSPS) is 35.2. The predicted octanol–water partition coefficient (Wildman–Crippen LogP) is 0.730. The van der Waals surface area contributed by atoms with Crippen molar-refractivity contribution in [3.05, 3.63) is 12.7 Å². The quantitative estimate of drug-likeness (QED) is 0.319. The minimum absolute atomic E-state index is 0.00861. The van der Waals surface area contributed by atoms with Gasteiger partial charge in [0.05, 0.1) is 14.2 Å². The van der Waals surface area contributed by atoms with E-state index < -0.39 is 22.8 Å². The van der Waals surface area contributed by atoms with Crippen molar-refractivity contribution < 1.29 is 23.9 Å². The van der Waals surface area contributed by atoms with E-state index in [0.717, 1.165) is 6.29 Å². The molecule has 2 aliphatic rings. The van der Waals surface area contributed by atoms with Crippen LogP contribution in [0.5, 0.6) is 0 Å². The Hall–Kier alpha value is -1.65. The third kappa shape index (κ3) is 1.30. The minimum Gasteiger partial charge on any atom is -0.468 e. The summed E-state index contributed by atoms with van der Waals surface area (Å²) >= 11 is 0. The van der Waals surface area contributed by atoms with Gasteiger partial charge in [-0.1, -0.05) is 6.08 Å². The Balaban J connectivity index is 2.33. The van der Waals surface area contributed by atoms with E-state index >= 15 is 0 Å². The molecular formula is C13H16O5. The van der Waals surface area contributed by atoms with Crippen LogP contribution in [-0.4, -0.2) is 32.4 Å². The number of carbonyl (C=O) groups excluding carboxylic acids is 3. The molecule has 18 heavy (non-hydrogen) atoms. The lowest BCUT2D eigenvalue weighted by Crippen LogP contribution is -2.41. The molecule has 2 saturated carbocycles. The molecule has 2 fully saturated rings. The van der Waals surface area contributed by atoms with Gasteiger partial charge in [-0.3, -0.25) is 9.59 Å². The number of ether oxygens (including phenoxy) is 2. The van der Waals surface area contributed by atoms with Crippen LogP contribution in [0.25, 0.3) is 0 Å². The fourth-order valence-corrected chi connectivity index (χ4v) is 3.49. The fourth-order valence-electron chi connectivity index (χ4n) is 3.49. The second kappa shape index (κ2) is 3.93. The second-order valence-corrected chi connectivity index (χ2v) is 5.04. The number of hydrogen-bond donors (Lipinski definition) is 0. The van der Waals surface area contributed by atoms with Crippen LogP contribution in [0.3, 0.4) is 0 Å². The average Bonchev–Trinajstić information content (AvgIpc) is 2.85. The van der Waals surface area contributed by atoms with Crippen LogP contribution < -0.4 is 0 Å². The first kappa shape index (κ1) is 12.8. The van der Waals surface area contributed by atoms with Crippen LogP contribution in [0, 0.1) is 22.7 Å².